The third kappa shape index (κ3) is 2.96. The molecule has 2 bridgehead atoms. The number of hydrogen-bond donors (Lipinski definition) is 1. The Labute approximate surface area is 120 Å². The van der Waals surface area contributed by atoms with Crippen molar-refractivity contribution in [2.24, 2.45) is 11.8 Å². The van der Waals surface area contributed by atoms with Gasteiger partial charge in [0.2, 0.25) is 0 Å². The lowest BCUT2D eigenvalue weighted by Crippen LogP contribution is -2.50. The lowest BCUT2D eigenvalue weighted by molar-refractivity contribution is 0.0509. The van der Waals surface area contributed by atoms with Gasteiger partial charge in [0.05, 0.1) is 7.11 Å². The van der Waals surface area contributed by atoms with Gasteiger partial charge in [0.1, 0.15) is 11.6 Å². The number of rotatable bonds is 5. The molecule has 0 amide bonds. The molecule has 3 aliphatic heterocycles. The lowest BCUT2D eigenvalue weighted by Gasteiger charge is -2.45. The van der Waals surface area contributed by atoms with E-state index in [2.05, 4.69) is 10.2 Å². The third-order valence-electron chi connectivity index (χ3n) is 4.77. The second-order valence-corrected chi connectivity index (χ2v) is 5.99. The average molecular weight is 278 g/mol. The molecule has 110 valence electrons. The van der Waals surface area contributed by atoms with E-state index in [4.69, 9.17) is 4.74 Å². The Morgan fingerprint density at radius 2 is 2.15 bits per heavy atom. The summed E-state index contributed by atoms with van der Waals surface area (Å²) >= 11 is 0. The molecular weight excluding hydrogens is 255 g/mol. The number of ether oxygens (including phenoxy) is 1. The van der Waals surface area contributed by atoms with E-state index in [0.29, 0.717) is 17.9 Å². The number of halogens is 1. The van der Waals surface area contributed by atoms with Crippen LogP contribution in [0.4, 0.5) is 4.39 Å². The maximum atomic E-state index is 13.7. The maximum Gasteiger partial charge on any atom is 0.127 e. The van der Waals surface area contributed by atoms with E-state index in [1.165, 1.54) is 38.5 Å². The Morgan fingerprint density at radius 1 is 1.35 bits per heavy atom. The van der Waals surface area contributed by atoms with Gasteiger partial charge in [0, 0.05) is 18.7 Å². The molecule has 0 aromatic heterocycles. The van der Waals surface area contributed by atoms with Crippen LogP contribution < -0.4 is 10.1 Å². The highest BCUT2D eigenvalue weighted by Crippen LogP contribution is 2.31. The van der Waals surface area contributed by atoms with Crippen LogP contribution in [0, 0.1) is 17.7 Å². The van der Waals surface area contributed by atoms with Gasteiger partial charge in [0.25, 0.3) is 0 Å². The highest BCUT2D eigenvalue weighted by atomic mass is 19.1. The fourth-order valence-corrected chi connectivity index (χ4v) is 3.52. The van der Waals surface area contributed by atoms with Crippen molar-refractivity contribution < 1.29 is 9.13 Å². The molecule has 0 radical (unpaired) electrons. The van der Waals surface area contributed by atoms with Crippen molar-refractivity contribution in [2.75, 3.05) is 33.3 Å². The standard InChI is InChI=1S/C16H23FN2O/c1-20-15-2-3-16(17)13(8-15)9-18-10-14-11-19-6-4-12(14)5-7-19/h2-3,8,12,14,18H,4-7,9-11H2,1H3. The van der Waals surface area contributed by atoms with Crippen LogP contribution in [-0.4, -0.2) is 38.2 Å². The molecule has 0 spiro atoms. The highest BCUT2D eigenvalue weighted by Gasteiger charge is 2.33. The summed E-state index contributed by atoms with van der Waals surface area (Å²) in [4.78, 5) is 2.55. The topological polar surface area (TPSA) is 24.5 Å². The van der Waals surface area contributed by atoms with Crippen LogP contribution in [0.5, 0.6) is 5.75 Å². The van der Waals surface area contributed by atoms with Crippen LogP contribution in [-0.2, 0) is 6.54 Å². The van der Waals surface area contributed by atoms with E-state index in [1.807, 2.05) is 0 Å². The van der Waals surface area contributed by atoms with Gasteiger partial charge in [0.15, 0.2) is 0 Å². The monoisotopic (exact) mass is 278 g/mol. The quantitative estimate of drug-likeness (QED) is 0.894. The van der Waals surface area contributed by atoms with Crippen LogP contribution >= 0.6 is 0 Å². The van der Waals surface area contributed by atoms with Crippen molar-refractivity contribution in [3.63, 3.8) is 0 Å². The Balaban J connectivity index is 1.52. The first-order valence-corrected chi connectivity index (χ1v) is 7.52. The predicted octanol–water partition coefficient (Wildman–Crippen LogP) is 2.27. The van der Waals surface area contributed by atoms with Crippen molar-refractivity contribution in [1.29, 1.82) is 0 Å². The van der Waals surface area contributed by atoms with Gasteiger partial charge in [-0.25, -0.2) is 4.39 Å². The minimum absolute atomic E-state index is 0.160. The highest BCUT2D eigenvalue weighted by molar-refractivity contribution is 5.29. The van der Waals surface area contributed by atoms with E-state index >= 15 is 0 Å². The van der Waals surface area contributed by atoms with Crippen LogP contribution in [0.2, 0.25) is 0 Å². The smallest absolute Gasteiger partial charge is 0.127 e. The Bertz CT molecular complexity index is 458. The summed E-state index contributed by atoms with van der Waals surface area (Å²) in [5, 5.41) is 3.43. The number of methoxy groups -OCH3 is 1. The molecule has 3 heterocycles. The summed E-state index contributed by atoms with van der Waals surface area (Å²) in [6.45, 7) is 5.31. The van der Waals surface area contributed by atoms with Gasteiger partial charge in [-0.2, -0.15) is 0 Å². The predicted molar refractivity (Wildman–Crippen MR) is 77.3 cm³/mol. The molecule has 0 aliphatic carbocycles. The van der Waals surface area contributed by atoms with Crippen molar-refractivity contribution >= 4 is 0 Å². The minimum Gasteiger partial charge on any atom is -0.497 e. The van der Waals surface area contributed by atoms with Crippen LogP contribution in [0.25, 0.3) is 0 Å². The number of fused-ring (bicyclic) bond motifs is 3. The van der Waals surface area contributed by atoms with E-state index in [9.17, 15) is 4.39 Å². The van der Waals surface area contributed by atoms with Crippen LogP contribution in [0.3, 0.4) is 0 Å². The lowest BCUT2D eigenvalue weighted by atomic mass is 9.79. The van der Waals surface area contributed by atoms with Gasteiger partial charge in [-0.15, -0.1) is 0 Å². The molecule has 1 aromatic carbocycles. The average Bonchev–Trinajstić information content (AvgIpc) is 2.50. The Morgan fingerprint density at radius 3 is 2.80 bits per heavy atom. The summed E-state index contributed by atoms with van der Waals surface area (Å²) in [6.07, 6.45) is 2.67. The summed E-state index contributed by atoms with van der Waals surface area (Å²) in [5.74, 6) is 2.15. The second-order valence-electron chi connectivity index (χ2n) is 5.99. The Hall–Kier alpha value is -1.13. The molecule has 20 heavy (non-hydrogen) atoms. The van der Waals surface area contributed by atoms with Crippen LogP contribution in [0.1, 0.15) is 18.4 Å². The van der Waals surface area contributed by atoms with Gasteiger partial charge >= 0.3 is 0 Å². The van der Waals surface area contributed by atoms with Crippen molar-refractivity contribution in [2.45, 2.75) is 19.4 Å². The van der Waals surface area contributed by atoms with Crippen molar-refractivity contribution in [3.8, 4) is 5.75 Å². The molecule has 1 N–H and O–H groups in total. The SMILES string of the molecule is COc1ccc(F)c(CNCC2CN3CCC2CC3)c1. The number of benzene rings is 1. The molecule has 4 heteroatoms. The van der Waals surface area contributed by atoms with Gasteiger partial charge < -0.3 is 15.0 Å². The number of piperidine rings is 3. The van der Waals surface area contributed by atoms with E-state index in [1.54, 1.807) is 19.2 Å². The molecule has 3 aliphatic rings. The zero-order valence-corrected chi connectivity index (χ0v) is 12.1. The van der Waals surface area contributed by atoms with Gasteiger partial charge in [-0.05, 0) is 62.5 Å². The summed E-state index contributed by atoms with van der Waals surface area (Å²) < 4.78 is 18.9. The van der Waals surface area contributed by atoms with E-state index in [0.717, 1.165) is 18.4 Å². The molecule has 1 unspecified atom stereocenters. The summed E-state index contributed by atoms with van der Waals surface area (Å²) in [5.41, 5.74) is 0.686. The summed E-state index contributed by atoms with van der Waals surface area (Å²) in [6, 6.07) is 4.91. The molecule has 4 rings (SSSR count). The fraction of sp³-hybridized carbons (Fsp3) is 0.625. The molecule has 0 saturated carbocycles. The molecule has 3 saturated heterocycles. The zero-order valence-electron chi connectivity index (χ0n) is 12.1. The fourth-order valence-electron chi connectivity index (χ4n) is 3.52. The molecule has 1 aromatic rings. The largest absolute Gasteiger partial charge is 0.497 e. The molecule has 3 fully saturated rings. The first-order chi connectivity index (χ1) is 9.76. The van der Waals surface area contributed by atoms with E-state index in [-0.39, 0.29) is 5.82 Å². The third-order valence-corrected chi connectivity index (χ3v) is 4.77. The minimum atomic E-state index is -0.160. The Kier molecular flexibility index (Phi) is 4.22. The second kappa shape index (κ2) is 6.10. The van der Waals surface area contributed by atoms with Crippen molar-refractivity contribution in [1.82, 2.24) is 10.2 Å². The van der Waals surface area contributed by atoms with Crippen molar-refractivity contribution in [3.05, 3.63) is 29.6 Å². The molecular formula is C16H23FN2O. The van der Waals surface area contributed by atoms with E-state index < -0.39 is 0 Å². The summed E-state index contributed by atoms with van der Waals surface area (Å²) in [7, 11) is 1.61. The first kappa shape index (κ1) is 13.8. The number of nitrogens with zero attached hydrogens (tertiary/aromatic N) is 1. The van der Waals surface area contributed by atoms with Gasteiger partial charge in [-0.3, -0.25) is 0 Å². The maximum absolute atomic E-state index is 13.7. The van der Waals surface area contributed by atoms with Crippen LogP contribution in [0.15, 0.2) is 18.2 Å². The number of nitrogens with one attached hydrogen (secondary N) is 1. The first-order valence-electron chi connectivity index (χ1n) is 7.52. The molecule has 3 nitrogen and oxygen atoms in total. The number of hydrogen-bond acceptors (Lipinski definition) is 3. The zero-order chi connectivity index (χ0) is 13.9. The van der Waals surface area contributed by atoms with Gasteiger partial charge in [-0.1, -0.05) is 0 Å². The molecule has 1 atom stereocenters. The normalized spacial score (nSPS) is 28.6.